The molecular formula is C13H25NO. The Balaban J connectivity index is 2.19. The van der Waals surface area contributed by atoms with E-state index in [0.717, 1.165) is 38.1 Å². The van der Waals surface area contributed by atoms with Gasteiger partial charge in [0.15, 0.2) is 0 Å². The average molecular weight is 211 g/mol. The molecule has 0 saturated carbocycles. The van der Waals surface area contributed by atoms with Crippen LogP contribution in [-0.2, 0) is 4.74 Å². The number of hydrogen-bond donors (Lipinski definition) is 1. The molecule has 0 spiro atoms. The summed E-state index contributed by atoms with van der Waals surface area (Å²) in [6.45, 7) is 10.7. The third kappa shape index (κ3) is 5.95. The van der Waals surface area contributed by atoms with E-state index in [-0.39, 0.29) is 0 Å². The Morgan fingerprint density at radius 1 is 1.40 bits per heavy atom. The highest BCUT2D eigenvalue weighted by Crippen LogP contribution is 2.17. The third-order valence-electron chi connectivity index (χ3n) is 2.74. The zero-order valence-corrected chi connectivity index (χ0v) is 10.4. The van der Waals surface area contributed by atoms with Crippen LogP contribution in [0, 0.1) is 11.8 Å². The van der Waals surface area contributed by atoms with Crippen molar-refractivity contribution in [3.05, 3.63) is 11.6 Å². The van der Waals surface area contributed by atoms with Gasteiger partial charge in [-0.25, -0.2) is 0 Å². The minimum absolute atomic E-state index is 0.737. The minimum atomic E-state index is 0.737. The third-order valence-corrected chi connectivity index (χ3v) is 2.74. The van der Waals surface area contributed by atoms with Gasteiger partial charge in [0, 0.05) is 19.8 Å². The highest BCUT2D eigenvalue weighted by Gasteiger charge is 2.10. The normalized spacial score (nSPS) is 19.9. The van der Waals surface area contributed by atoms with Gasteiger partial charge in [0.1, 0.15) is 0 Å². The van der Waals surface area contributed by atoms with Crippen molar-refractivity contribution >= 4 is 0 Å². The lowest BCUT2D eigenvalue weighted by atomic mass is 9.97. The van der Waals surface area contributed by atoms with Gasteiger partial charge < -0.3 is 10.1 Å². The Hall–Kier alpha value is -0.340. The fourth-order valence-electron chi connectivity index (χ4n) is 1.90. The first kappa shape index (κ1) is 12.7. The summed E-state index contributed by atoms with van der Waals surface area (Å²) >= 11 is 0. The molecule has 0 atom stereocenters. The van der Waals surface area contributed by atoms with Crippen molar-refractivity contribution in [3.8, 4) is 0 Å². The van der Waals surface area contributed by atoms with Crippen molar-refractivity contribution in [1.29, 1.82) is 0 Å². The average Bonchev–Trinajstić information content (AvgIpc) is 2.18. The molecule has 2 heteroatoms. The molecule has 2 nitrogen and oxygen atoms in total. The fraction of sp³-hybridized carbons (Fsp3) is 0.846. The molecule has 1 saturated heterocycles. The lowest BCUT2D eigenvalue weighted by molar-refractivity contribution is 0.0783. The summed E-state index contributed by atoms with van der Waals surface area (Å²) in [6.07, 6.45) is 4.82. The quantitative estimate of drug-likeness (QED) is 0.706. The van der Waals surface area contributed by atoms with Gasteiger partial charge in [0.25, 0.3) is 0 Å². The summed E-state index contributed by atoms with van der Waals surface area (Å²) in [4.78, 5) is 0. The van der Waals surface area contributed by atoms with Crippen LogP contribution in [0.2, 0.25) is 0 Å². The first-order valence-electron chi connectivity index (χ1n) is 6.14. The molecule has 15 heavy (non-hydrogen) atoms. The molecule has 1 aliphatic heterocycles. The van der Waals surface area contributed by atoms with Gasteiger partial charge in [0.2, 0.25) is 0 Å². The Bertz CT molecular complexity index is 193. The van der Waals surface area contributed by atoms with Crippen LogP contribution >= 0.6 is 0 Å². The standard InChI is InChI=1S/C13H25NO/c1-11(2)9-14-10-12(3)8-13-4-6-15-7-5-13/h8,11,13-14H,4-7,9-10H2,1-3H3. The van der Waals surface area contributed by atoms with Crippen molar-refractivity contribution in [2.75, 3.05) is 26.3 Å². The van der Waals surface area contributed by atoms with E-state index < -0.39 is 0 Å². The van der Waals surface area contributed by atoms with E-state index in [1.54, 1.807) is 0 Å². The summed E-state index contributed by atoms with van der Waals surface area (Å²) in [6, 6.07) is 0. The molecule has 0 unspecified atom stereocenters. The van der Waals surface area contributed by atoms with E-state index in [9.17, 15) is 0 Å². The Labute approximate surface area is 94.1 Å². The highest BCUT2D eigenvalue weighted by atomic mass is 16.5. The van der Waals surface area contributed by atoms with Crippen LogP contribution < -0.4 is 5.32 Å². The van der Waals surface area contributed by atoms with Crippen molar-refractivity contribution in [3.63, 3.8) is 0 Å². The Kier molecular flexibility index (Phi) is 5.96. The zero-order chi connectivity index (χ0) is 11.1. The molecule has 1 aliphatic rings. The van der Waals surface area contributed by atoms with Crippen LogP contribution in [0.25, 0.3) is 0 Å². The highest BCUT2D eigenvalue weighted by molar-refractivity contribution is 5.03. The molecule has 0 aromatic heterocycles. The molecule has 1 heterocycles. The second kappa shape index (κ2) is 7.02. The monoisotopic (exact) mass is 211 g/mol. The number of ether oxygens (including phenoxy) is 1. The number of nitrogens with one attached hydrogen (secondary N) is 1. The van der Waals surface area contributed by atoms with Crippen LogP contribution in [0.15, 0.2) is 11.6 Å². The molecule has 1 rings (SSSR count). The van der Waals surface area contributed by atoms with E-state index in [4.69, 9.17) is 4.74 Å². The smallest absolute Gasteiger partial charge is 0.0471 e. The summed E-state index contributed by atoms with van der Waals surface area (Å²) in [5.41, 5.74) is 1.47. The Morgan fingerprint density at radius 3 is 2.67 bits per heavy atom. The van der Waals surface area contributed by atoms with Gasteiger partial charge in [-0.2, -0.15) is 0 Å². The molecule has 0 amide bonds. The van der Waals surface area contributed by atoms with Gasteiger partial charge in [-0.15, -0.1) is 0 Å². The lowest BCUT2D eigenvalue weighted by Gasteiger charge is -2.19. The van der Waals surface area contributed by atoms with Gasteiger partial charge >= 0.3 is 0 Å². The first-order valence-corrected chi connectivity index (χ1v) is 6.14. The zero-order valence-electron chi connectivity index (χ0n) is 10.4. The topological polar surface area (TPSA) is 21.3 Å². The number of rotatable bonds is 5. The molecule has 88 valence electrons. The van der Waals surface area contributed by atoms with Gasteiger partial charge in [-0.05, 0) is 38.1 Å². The summed E-state index contributed by atoms with van der Waals surface area (Å²) < 4.78 is 5.35. The van der Waals surface area contributed by atoms with E-state index in [1.165, 1.54) is 18.4 Å². The molecular weight excluding hydrogens is 186 g/mol. The molecule has 0 aromatic rings. The lowest BCUT2D eigenvalue weighted by Crippen LogP contribution is -2.22. The molecule has 1 N–H and O–H groups in total. The maximum Gasteiger partial charge on any atom is 0.0471 e. The molecule has 0 aliphatic carbocycles. The van der Waals surface area contributed by atoms with Gasteiger partial charge in [-0.1, -0.05) is 25.5 Å². The van der Waals surface area contributed by atoms with E-state index in [0.29, 0.717) is 0 Å². The van der Waals surface area contributed by atoms with Crippen LogP contribution in [0.1, 0.15) is 33.6 Å². The Morgan fingerprint density at radius 2 is 2.07 bits per heavy atom. The SMILES string of the molecule is CC(=CC1CCOCC1)CNCC(C)C. The second-order valence-corrected chi connectivity index (χ2v) is 4.99. The predicted octanol–water partition coefficient (Wildman–Crippen LogP) is 2.60. The minimum Gasteiger partial charge on any atom is -0.381 e. The molecule has 0 bridgehead atoms. The van der Waals surface area contributed by atoms with Crippen molar-refractivity contribution in [2.45, 2.75) is 33.6 Å². The van der Waals surface area contributed by atoms with Crippen LogP contribution in [0.5, 0.6) is 0 Å². The molecule has 1 fully saturated rings. The summed E-state index contributed by atoms with van der Waals surface area (Å²) in [5, 5.41) is 3.47. The maximum absolute atomic E-state index is 5.35. The largest absolute Gasteiger partial charge is 0.381 e. The molecule has 0 radical (unpaired) electrons. The van der Waals surface area contributed by atoms with Gasteiger partial charge in [-0.3, -0.25) is 0 Å². The maximum atomic E-state index is 5.35. The van der Waals surface area contributed by atoms with Crippen molar-refractivity contribution in [1.82, 2.24) is 5.32 Å². The summed E-state index contributed by atoms with van der Waals surface area (Å²) in [5.74, 6) is 1.49. The number of hydrogen-bond acceptors (Lipinski definition) is 2. The van der Waals surface area contributed by atoms with Crippen LogP contribution in [0.3, 0.4) is 0 Å². The first-order chi connectivity index (χ1) is 7.18. The van der Waals surface area contributed by atoms with E-state index in [2.05, 4.69) is 32.2 Å². The predicted molar refractivity (Wildman–Crippen MR) is 65.0 cm³/mol. The van der Waals surface area contributed by atoms with Gasteiger partial charge in [0.05, 0.1) is 0 Å². The second-order valence-electron chi connectivity index (χ2n) is 4.99. The fourth-order valence-corrected chi connectivity index (χ4v) is 1.90. The van der Waals surface area contributed by atoms with E-state index in [1.807, 2.05) is 0 Å². The van der Waals surface area contributed by atoms with Crippen LogP contribution in [0.4, 0.5) is 0 Å². The van der Waals surface area contributed by atoms with E-state index >= 15 is 0 Å². The van der Waals surface area contributed by atoms with Crippen molar-refractivity contribution in [2.24, 2.45) is 11.8 Å². The van der Waals surface area contributed by atoms with Crippen molar-refractivity contribution < 1.29 is 4.74 Å². The molecule has 0 aromatic carbocycles. The van der Waals surface area contributed by atoms with Crippen LogP contribution in [-0.4, -0.2) is 26.3 Å². The summed E-state index contributed by atoms with van der Waals surface area (Å²) in [7, 11) is 0. The number of allylic oxidation sites excluding steroid dienone is 1.